The molecule has 27 heavy (non-hydrogen) atoms. The van der Waals surface area contributed by atoms with Crippen LogP contribution in [0.25, 0.3) is 0 Å². The summed E-state index contributed by atoms with van der Waals surface area (Å²) in [6.45, 7) is 3.47. The van der Waals surface area contributed by atoms with E-state index in [2.05, 4.69) is 15.6 Å². The Kier molecular flexibility index (Phi) is 10.8. The molecule has 0 amide bonds. The average Bonchev–Trinajstić information content (AvgIpc) is 2.59. The van der Waals surface area contributed by atoms with Crippen LogP contribution in [0.3, 0.4) is 0 Å². The van der Waals surface area contributed by atoms with Gasteiger partial charge in [-0.2, -0.15) is 13.2 Å². The molecule has 0 saturated carbocycles. The van der Waals surface area contributed by atoms with Crippen molar-refractivity contribution in [3.63, 3.8) is 0 Å². The maximum absolute atomic E-state index is 12.3. The van der Waals surface area contributed by atoms with Crippen LogP contribution in [-0.2, 0) is 11.3 Å². The second kappa shape index (κ2) is 11.4. The van der Waals surface area contributed by atoms with E-state index >= 15 is 0 Å². The van der Waals surface area contributed by atoms with E-state index in [9.17, 15) is 13.2 Å². The molecule has 2 N–H and O–H groups in total. The molecule has 0 radical (unpaired) electrons. The third-order valence-corrected chi connectivity index (χ3v) is 3.54. The molecule has 10 heteroatoms. The number of aliphatic imine (C=N–C) groups is 1. The molecule has 0 spiro atoms. The van der Waals surface area contributed by atoms with Gasteiger partial charge in [-0.1, -0.05) is 6.07 Å². The molecule has 1 rings (SSSR count). The van der Waals surface area contributed by atoms with Gasteiger partial charge in [0.15, 0.2) is 24.1 Å². The van der Waals surface area contributed by atoms with Gasteiger partial charge in [0.2, 0.25) is 0 Å². The molecular weight excluding hydrogens is 478 g/mol. The zero-order valence-electron chi connectivity index (χ0n) is 16.1. The highest BCUT2D eigenvalue weighted by Gasteiger charge is 2.29. The van der Waals surface area contributed by atoms with E-state index in [1.165, 1.54) is 13.2 Å². The molecule has 0 bridgehead atoms. The number of halogens is 4. The first-order chi connectivity index (χ1) is 12.1. The first-order valence-electron chi connectivity index (χ1n) is 7.96. The van der Waals surface area contributed by atoms with Gasteiger partial charge in [0.05, 0.1) is 12.7 Å². The number of methoxy groups -OCH3 is 2. The summed E-state index contributed by atoms with van der Waals surface area (Å²) in [5.74, 6) is 0.849. The van der Waals surface area contributed by atoms with Gasteiger partial charge in [0, 0.05) is 27.2 Å². The predicted octanol–water partition coefficient (Wildman–Crippen LogP) is 3.34. The van der Waals surface area contributed by atoms with Gasteiger partial charge in [-0.25, -0.2) is 0 Å². The van der Waals surface area contributed by atoms with Crippen molar-refractivity contribution in [2.75, 3.05) is 34.4 Å². The summed E-state index contributed by atoms with van der Waals surface area (Å²) >= 11 is 0. The van der Waals surface area contributed by atoms with Crippen LogP contribution in [0.4, 0.5) is 13.2 Å². The Morgan fingerprint density at radius 3 is 2.30 bits per heavy atom. The average molecular weight is 505 g/mol. The van der Waals surface area contributed by atoms with Crippen molar-refractivity contribution in [2.45, 2.75) is 32.2 Å². The van der Waals surface area contributed by atoms with Crippen LogP contribution in [0, 0.1) is 0 Å². The molecule has 0 atom stereocenters. The summed E-state index contributed by atoms with van der Waals surface area (Å²) in [5.41, 5.74) is 0.452. The van der Waals surface area contributed by atoms with Gasteiger partial charge in [0.25, 0.3) is 0 Å². The molecule has 0 saturated heterocycles. The molecule has 6 nitrogen and oxygen atoms in total. The standard InChI is InChI=1S/C17H26F3N3O3.HI/c1-16(2,25-5)10-23-15(21-3)22-9-12-6-7-13(14(8-12)24-4)26-11-17(18,19)20;/h6-8H,9-11H2,1-5H3,(H2,21,22,23);1H. The molecule has 0 unspecified atom stereocenters. The van der Waals surface area contributed by atoms with Gasteiger partial charge < -0.3 is 24.8 Å². The Morgan fingerprint density at radius 1 is 1.11 bits per heavy atom. The maximum Gasteiger partial charge on any atom is 0.422 e. The molecule has 1 aromatic carbocycles. The topological polar surface area (TPSA) is 64.1 Å². The Labute approximate surface area is 174 Å². The van der Waals surface area contributed by atoms with E-state index in [1.807, 2.05) is 13.8 Å². The van der Waals surface area contributed by atoms with Gasteiger partial charge in [-0.15, -0.1) is 24.0 Å². The second-order valence-corrected chi connectivity index (χ2v) is 6.13. The fourth-order valence-electron chi connectivity index (χ4n) is 1.88. The zero-order chi connectivity index (χ0) is 19.8. The lowest BCUT2D eigenvalue weighted by Crippen LogP contribution is -2.45. The van der Waals surface area contributed by atoms with Gasteiger partial charge in [-0.05, 0) is 31.5 Å². The smallest absolute Gasteiger partial charge is 0.422 e. The SMILES string of the molecule is CN=C(NCc1ccc(OCC(F)(F)F)c(OC)c1)NCC(C)(C)OC.I. The third kappa shape index (κ3) is 9.89. The highest BCUT2D eigenvalue weighted by atomic mass is 127. The largest absolute Gasteiger partial charge is 0.493 e. The second-order valence-electron chi connectivity index (χ2n) is 6.13. The van der Waals surface area contributed by atoms with Crippen LogP contribution in [0.1, 0.15) is 19.4 Å². The molecule has 0 aliphatic rings. The Balaban J connectivity index is 0.00000676. The molecule has 1 aromatic rings. The highest BCUT2D eigenvalue weighted by Crippen LogP contribution is 2.29. The fourth-order valence-corrected chi connectivity index (χ4v) is 1.88. The molecule has 156 valence electrons. The molecular formula is C17H27F3IN3O3. The van der Waals surface area contributed by atoms with Gasteiger partial charge in [-0.3, -0.25) is 4.99 Å². The Morgan fingerprint density at radius 2 is 1.78 bits per heavy atom. The van der Waals surface area contributed by atoms with Crippen LogP contribution < -0.4 is 20.1 Å². The zero-order valence-corrected chi connectivity index (χ0v) is 18.4. The van der Waals surface area contributed by atoms with E-state index in [0.29, 0.717) is 19.0 Å². The third-order valence-electron chi connectivity index (χ3n) is 3.54. The van der Waals surface area contributed by atoms with Crippen molar-refractivity contribution in [3.8, 4) is 11.5 Å². The van der Waals surface area contributed by atoms with Crippen LogP contribution in [-0.4, -0.2) is 52.2 Å². The van der Waals surface area contributed by atoms with Crippen molar-refractivity contribution >= 4 is 29.9 Å². The molecule has 0 aromatic heterocycles. The normalized spacial score (nSPS) is 12.2. The number of alkyl halides is 3. The summed E-state index contributed by atoms with van der Waals surface area (Å²) in [6, 6.07) is 4.73. The minimum Gasteiger partial charge on any atom is -0.493 e. The summed E-state index contributed by atoms with van der Waals surface area (Å²) in [6.07, 6.45) is -4.40. The number of hydrogen-bond donors (Lipinski definition) is 2. The number of ether oxygens (including phenoxy) is 3. The summed E-state index contributed by atoms with van der Waals surface area (Å²) in [7, 11) is 4.65. The first-order valence-corrected chi connectivity index (χ1v) is 7.96. The number of nitrogens with one attached hydrogen (secondary N) is 2. The van der Waals surface area contributed by atoms with Crippen molar-refractivity contribution in [3.05, 3.63) is 23.8 Å². The van der Waals surface area contributed by atoms with Crippen molar-refractivity contribution in [2.24, 2.45) is 4.99 Å². The number of nitrogens with zero attached hydrogens (tertiary/aromatic N) is 1. The quantitative estimate of drug-likeness (QED) is 0.323. The van der Waals surface area contributed by atoms with Crippen molar-refractivity contribution in [1.82, 2.24) is 10.6 Å². The Hall–Kier alpha value is -1.43. The molecule has 0 fully saturated rings. The summed E-state index contributed by atoms with van der Waals surface area (Å²) in [4.78, 5) is 4.12. The van der Waals surface area contributed by atoms with E-state index < -0.39 is 12.8 Å². The van der Waals surface area contributed by atoms with Gasteiger partial charge in [0.1, 0.15) is 0 Å². The Bertz CT molecular complexity index is 611. The van der Waals surface area contributed by atoms with Crippen LogP contribution in [0.5, 0.6) is 11.5 Å². The molecule has 0 aliphatic carbocycles. The fraction of sp³-hybridized carbons (Fsp3) is 0.588. The highest BCUT2D eigenvalue weighted by molar-refractivity contribution is 14.0. The number of benzene rings is 1. The lowest BCUT2D eigenvalue weighted by Gasteiger charge is -2.24. The number of hydrogen-bond acceptors (Lipinski definition) is 4. The van der Waals surface area contributed by atoms with Gasteiger partial charge >= 0.3 is 6.18 Å². The molecule has 0 heterocycles. The summed E-state index contributed by atoms with van der Waals surface area (Å²) in [5, 5.41) is 6.26. The monoisotopic (exact) mass is 505 g/mol. The van der Waals surface area contributed by atoms with Crippen LogP contribution in [0.15, 0.2) is 23.2 Å². The van der Waals surface area contributed by atoms with Crippen molar-refractivity contribution in [1.29, 1.82) is 0 Å². The lowest BCUT2D eigenvalue weighted by atomic mass is 10.1. The minimum absolute atomic E-state index is 0. The lowest BCUT2D eigenvalue weighted by molar-refractivity contribution is -0.153. The maximum atomic E-state index is 12.3. The van der Waals surface area contributed by atoms with E-state index in [-0.39, 0.29) is 41.1 Å². The number of rotatable bonds is 8. The first kappa shape index (κ1) is 25.6. The van der Waals surface area contributed by atoms with Crippen LogP contribution in [0.2, 0.25) is 0 Å². The molecule has 0 aliphatic heterocycles. The number of guanidine groups is 1. The van der Waals surface area contributed by atoms with Crippen LogP contribution >= 0.6 is 24.0 Å². The van der Waals surface area contributed by atoms with E-state index in [4.69, 9.17) is 14.2 Å². The summed E-state index contributed by atoms with van der Waals surface area (Å²) < 4.78 is 52.0. The van der Waals surface area contributed by atoms with Crippen molar-refractivity contribution < 1.29 is 27.4 Å². The van der Waals surface area contributed by atoms with E-state index in [0.717, 1.165) is 5.56 Å². The predicted molar refractivity (Wildman–Crippen MR) is 109 cm³/mol. The van der Waals surface area contributed by atoms with E-state index in [1.54, 1.807) is 26.3 Å². The minimum atomic E-state index is -4.40.